The Bertz CT molecular complexity index is 199. The monoisotopic (exact) mass is 230 g/mol. The van der Waals surface area contributed by atoms with Crippen molar-refractivity contribution in [2.75, 3.05) is 26.2 Å². The highest BCUT2D eigenvalue weighted by Gasteiger charge is 2.21. The van der Waals surface area contributed by atoms with E-state index in [0.29, 0.717) is 6.10 Å². The molecular formula is C11H22N2OS. The maximum atomic E-state index is 5.76. The number of nitrogens with one attached hydrogen (secondary N) is 1. The normalized spacial score (nSPS) is 21.5. The van der Waals surface area contributed by atoms with Crippen LogP contribution in [0.3, 0.4) is 0 Å². The van der Waals surface area contributed by atoms with Crippen LogP contribution in [-0.2, 0) is 4.74 Å². The smallest absolute Gasteiger partial charge is 0.169 e. The predicted octanol–water partition coefficient (Wildman–Crippen LogP) is 1.77. The first-order chi connectivity index (χ1) is 7.27. The van der Waals surface area contributed by atoms with Gasteiger partial charge in [-0.05, 0) is 38.4 Å². The number of thiocarbonyl (C=S) groups is 1. The molecule has 1 heterocycles. The lowest BCUT2D eigenvalue weighted by atomic mass is 10.1. The molecule has 0 spiro atoms. The highest BCUT2D eigenvalue weighted by Crippen LogP contribution is 2.13. The molecule has 1 N–H and O–H groups in total. The quantitative estimate of drug-likeness (QED) is 0.744. The molecule has 0 aliphatic carbocycles. The number of rotatable bonds is 4. The van der Waals surface area contributed by atoms with Crippen molar-refractivity contribution < 1.29 is 4.74 Å². The second-order valence-electron chi connectivity index (χ2n) is 3.92. The van der Waals surface area contributed by atoms with Crippen LogP contribution in [0.25, 0.3) is 0 Å². The number of hydrogen-bond acceptors (Lipinski definition) is 2. The van der Waals surface area contributed by atoms with Gasteiger partial charge in [0, 0.05) is 26.2 Å². The lowest BCUT2D eigenvalue weighted by molar-refractivity contribution is 0.0164. The zero-order valence-electron chi connectivity index (χ0n) is 9.79. The van der Waals surface area contributed by atoms with Gasteiger partial charge >= 0.3 is 0 Å². The summed E-state index contributed by atoms with van der Waals surface area (Å²) in [6.45, 7) is 8.00. The topological polar surface area (TPSA) is 24.5 Å². The van der Waals surface area contributed by atoms with Crippen molar-refractivity contribution in [1.29, 1.82) is 0 Å². The minimum atomic E-state index is 0.371. The zero-order valence-corrected chi connectivity index (χ0v) is 10.6. The first-order valence-electron chi connectivity index (χ1n) is 5.92. The standard InChI is InChI=1S/C11H22N2OS/c1-3-8-14-10-6-5-7-13(9-10)11(15)12-4-2/h10H,3-9H2,1-2H3,(H,12,15). The van der Waals surface area contributed by atoms with E-state index in [0.717, 1.165) is 37.8 Å². The second-order valence-corrected chi connectivity index (χ2v) is 4.30. The average Bonchev–Trinajstić information content (AvgIpc) is 2.27. The number of likely N-dealkylation sites (tertiary alicyclic amines) is 1. The van der Waals surface area contributed by atoms with E-state index in [-0.39, 0.29) is 0 Å². The van der Waals surface area contributed by atoms with Gasteiger partial charge in [-0.15, -0.1) is 0 Å². The maximum absolute atomic E-state index is 5.76. The molecule has 0 amide bonds. The fourth-order valence-electron chi connectivity index (χ4n) is 1.81. The van der Waals surface area contributed by atoms with Crippen molar-refractivity contribution in [3.8, 4) is 0 Å². The third-order valence-electron chi connectivity index (χ3n) is 2.55. The molecule has 3 nitrogen and oxygen atoms in total. The van der Waals surface area contributed by atoms with Gasteiger partial charge in [-0.25, -0.2) is 0 Å². The van der Waals surface area contributed by atoms with Gasteiger partial charge in [0.1, 0.15) is 0 Å². The Morgan fingerprint density at radius 2 is 2.33 bits per heavy atom. The van der Waals surface area contributed by atoms with Gasteiger partial charge in [0.2, 0.25) is 0 Å². The first kappa shape index (κ1) is 12.7. The molecule has 0 saturated carbocycles. The molecule has 88 valence electrons. The van der Waals surface area contributed by atoms with Crippen molar-refractivity contribution in [3.05, 3.63) is 0 Å². The van der Waals surface area contributed by atoms with Gasteiger partial charge in [-0.1, -0.05) is 6.92 Å². The van der Waals surface area contributed by atoms with Crippen molar-refractivity contribution in [1.82, 2.24) is 10.2 Å². The van der Waals surface area contributed by atoms with Crippen LogP contribution < -0.4 is 5.32 Å². The van der Waals surface area contributed by atoms with Gasteiger partial charge in [0.15, 0.2) is 5.11 Å². The van der Waals surface area contributed by atoms with Crippen LogP contribution in [0.15, 0.2) is 0 Å². The minimum Gasteiger partial charge on any atom is -0.376 e. The Morgan fingerprint density at radius 1 is 1.53 bits per heavy atom. The molecular weight excluding hydrogens is 208 g/mol. The Morgan fingerprint density at radius 3 is 3.00 bits per heavy atom. The van der Waals surface area contributed by atoms with E-state index < -0.39 is 0 Å². The third-order valence-corrected chi connectivity index (χ3v) is 2.95. The van der Waals surface area contributed by atoms with Gasteiger partial charge < -0.3 is 15.0 Å². The Balaban J connectivity index is 2.31. The van der Waals surface area contributed by atoms with Crippen molar-refractivity contribution in [3.63, 3.8) is 0 Å². The number of hydrogen-bond donors (Lipinski definition) is 1. The molecule has 0 bridgehead atoms. The van der Waals surface area contributed by atoms with E-state index in [1.807, 2.05) is 0 Å². The first-order valence-corrected chi connectivity index (χ1v) is 6.33. The van der Waals surface area contributed by atoms with E-state index in [1.54, 1.807) is 0 Å². The largest absolute Gasteiger partial charge is 0.376 e. The van der Waals surface area contributed by atoms with Gasteiger partial charge in [-0.2, -0.15) is 0 Å². The summed E-state index contributed by atoms with van der Waals surface area (Å²) in [4.78, 5) is 2.22. The van der Waals surface area contributed by atoms with Crippen LogP contribution in [0.5, 0.6) is 0 Å². The van der Waals surface area contributed by atoms with Gasteiger partial charge in [0.25, 0.3) is 0 Å². The highest BCUT2D eigenvalue weighted by molar-refractivity contribution is 7.80. The fourth-order valence-corrected chi connectivity index (χ4v) is 2.12. The van der Waals surface area contributed by atoms with Crippen LogP contribution in [0.4, 0.5) is 0 Å². The molecule has 1 rings (SSSR count). The molecule has 0 aromatic rings. The molecule has 0 aromatic heterocycles. The number of piperidine rings is 1. The van der Waals surface area contributed by atoms with Crippen molar-refractivity contribution in [2.24, 2.45) is 0 Å². The summed E-state index contributed by atoms with van der Waals surface area (Å²) in [5.41, 5.74) is 0. The van der Waals surface area contributed by atoms with Gasteiger partial charge in [0.05, 0.1) is 6.10 Å². The van der Waals surface area contributed by atoms with Crippen LogP contribution in [-0.4, -0.2) is 42.4 Å². The van der Waals surface area contributed by atoms with E-state index in [1.165, 1.54) is 12.8 Å². The summed E-state index contributed by atoms with van der Waals surface area (Å²) in [5, 5.41) is 4.07. The zero-order chi connectivity index (χ0) is 11.1. The van der Waals surface area contributed by atoms with Crippen LogP contribution >= 0.6 is 12.2 Å². The third kappa shape index (κ3) is 4.34. The Labute approximate surface area is 98.2 Å². The molecule has 1 atom stereocenters. The van der Waals surface area contributed by atoms with Crippen LogP contribution in [0.1, 0.15) is 33.1 Å². The van der Waals surface area contributed by atoms with Crippen molar-refractivity contribution in [2.45, 2.75) is 39.2 Å². The van der Waals surface area contributed by atoms with Crippen LogP contribution in [0, 0.1) is 0 Å². The average molecular weight is 230 g/mol. The molecule has 0 radical (unpaired) electrons. The molecule has 4 heteroatoms. The van der Waals surface area contributed by atoms with Crippen LogP contribution in [0.2, 0.25) is 0 Å². The fraction of sp³-hybridized carbons (Fsp3) is 0.909. The molecule has 1 saturated heterocycles. The molecule has 1 aliphatic heterocycles. The summed E-state index contributed by atoms with van der Waals surface area (Å²) in [6, 6.07) is 0. The molecule has 1 unspecified atom stereocenters. The van der Waals surface area contributed by atoms with E-state index >= 15 is 0 Å². The van der Waals surface area contributed by atoms with E-state index in [9.17, 15) is 0 Å². The lowest BCUT2D eigenvalue weighted by Gasteiger charge is -2.34. The Kier molecular flexibility index (Phi) is 5.95. The van der Waals surface area contributed by atoms with E-state index in [4.69, 9.17) is 17.0 Å². The predicted molar refractivity (Wildman–Crippen MR) is 67.1 cm³/mol. The van der Waals surface area contributed by atoms with Gasteiger partial charge in [-0.3, -0.25) is 0 Å². The minimum absolute atomic E-state index is 0.371. The number of nitrogens with zero attached hydrogens (tertiary/aromatic N) is 1. The summed E-state index contributed by atoms with van der Waals surface area (Å²) < 4.78 is 5.76. The van der Waals surface area contributed by atoms with E-state index in [2.05, 4.69) is 24.1 Å². The summed E-state index contributed by atoms with van der Waals surface area (Å²) in [6.07, 6.45) is 3.81. The van der Waals surface area contributed by atoms with Crippen molar-refractivity contribution >= 4 is 17.3 Å². The summed E-state index contributed by atoms with van der Waals surface area (Å²) >= 11 is 5.30. The SMILES string of the molecule is CCCOC1CCCN(C(=S)NCC)C1. The molecule has 0 aromatic carbocycles. The highest BCUT2D eigenvalue weighted by atomic mass is 32.1. The number of ether oxygens (including phenoxy) is 1. The summed E-state index contributed by atoms with van der Waals surface area (Å²) in [5.74, 6) is 0. The second kappa shape index (κ2) is 7.01. The molecule has 1 aliphatic rings. The Hall–Kier alpha value is -0.350. The maximum Gasteiger partial charge on any atom is 0.169 e. The molecule has 15 heavy (non-hydrogen) atoms. The lowest BCUT2D eigenvalue weighted by Crippen LogP contribution is -2.47. The summed E-state index contributed by atoms with van der Waals surface area (Å²) in [7, 11) is 0. The molecule has 1 fully saturated rings.